The molecule has 1 aliphatic heterocycles. The highest BCUT2D eigenvalue weighted by Gasteiger charge is 2.31. The lowest BCUT2D eigenvalue weighted by molar-refractivity contribution is -0.138. The van der Waals surface area contributed by atoms with Crippen molar-refractivity contribution in [1.29, 1.82) is 0 Å². The number of halogens is 1. The van der Waals surface area contributed by atoms with E-state index in [9.17, 15) is 9.18 Å². The summed E-state index contributed by atoms with van der Waals surface area (Å²) in [6, 6.07) is 1.38. The van der Waals surface area contributed by atoms with Crippen LogP contribution >= 0.6 is 0 Å². The fourth-order valence-electron chi connectivity index (χ4n) is 1.83. The van der Waals surface area contributed by atoms with Gasteiger partial charge in [0.25, 0.3) is 0 Å². The number of methoxy groups -OCH3 is 1. The van der Waals surface area contributed by atoms with E-state index in [1.807, 2.05) is 0 Å². The highest BCUT2D eigenvalue weighted by molar-refractivity contribution is 5.78. The molecular formula is C11H12FNO5. The second kappa shape index (κ2) is 4.69. The zero-order valence-electron chi connectivity index (χ0n) is 9.60. The van der Waals surface area contributed by atoms with E-state index in [2.05, 4.69) is 0 Å². The van der Waals surface area contributed by atoms with E-state index < -0.39 is 17.7 Å². The Morgan fingerprint density at radius 3 is 2.94 bits per heavy atom. The average molecular weight is 257 g/mol. The molecule has 0 aromatic heterocycles. The first-order valence-electron chi connectivity index (χ1n) is 5.19. The van der Waals surface area contributed by atoms with Crippen LogP contribution in [0.3, 0.4) is 0 Å². The Hall–Kier alpha value is -2.02. The first kappa shape index (κ1) is 12.4. The number of aliphatic carboxylic acids is 1. The van der Waals surface area contributed by atoms with Gasteiger partial charge in [0, 0.05) is 12.1 Å². The van der Waals surface area contributed by atoms with Crippen molar-refractivity contribution in [2.75, 3.05) is 20.4 Å². The van der Waals surface area contributed by atoms with Gasteiger partial charge in [-0.25, -0.2) is 0 Å². The number of ether oxygens (including phenoxy) is 3. The third-order valence-corrected chi connectivity index (χ3v) is 2.70. The van der Waals surface area contributed by atoms with Crippen LogP contribution in [0.4, 0.5) is 4.39 Å². The fraction of sp³-hybridized carbons (Fsp3) is 0.364. The maximum atomic E-state index is 14.0. The minimum atomic E-state index is -1.16. The number of benzene rings is 1. The Balaban J connectivity index is 2.59. The van der Waals surface area contributed by atoms with Gasteiger partial charge in [-0.1, -0.05) is 0 Å². The molecule has 0 bridgehead atoms. The fourth-order valence-corrected chi connectivity index (χ4v) is 1.83. The standard InChI is InChI=1S/C11H12FNO5/c1-16-9-5(6(3-13)11(14)15)2-7-10(8(9)12)18-4-17-7/h2,6H,3-4,13H2,1H3,(H,14,15). The lowest BCUT2D eigenvalue weighted by Crippen LogP contribution is -2.22. The summed E-state index contributed by atoms with van der Waals surface area (Å²) in [6.45, 7) is -0.288. The third kappa shape index (κ3) is 1.82. The van der Waals surface area contributed by atoms with Crippen LogP contribution in [0.15, 0.2) is 6.07 Å². The largest absolute Gasteiger partial charge is 0.493 e. The summed E-state index contributed by atoms with van der Waals surface area (Å²) in [4.78, 5) is 11.1. The van der Waals surface area contributed by atoms with E-state index >= 15 is 0 Å². The van der Waals surface area contributed by atoms with Crippen LogP contribution in [0.1, 0.15) is 11.5 Å². The summed E-state index contributed by atoms with van der Waals surface area (Å²) in [5.41, 5.74) is 5.53. The molecular weight excluding hydrogens is 245 g/mol. The van der Waals surface area contributed by atoms with Gasteiger partial charge < -0.3 is 25.1 Å². The molecule has 2 rings (SSSR count). The molecule has 7 heteroatoms. The van der Waals surface area contributed by atoms with Crippen LogP contribution in [0.25, 0.3) is 0 Å². The van der Waals surface area contributed by atoms with Crippen molar-refractivity contribution in [3.8, 4) is 17.2 Å². The van der Waals surface area contributed by atoms with Crippen LogP contribution in [0.2, 0.25) is 0 Å². The number of rotatable bonds is 4. The van der Waals surface area contributed by atoms with Gasteiger partial charge in [0.1, 0.15) is 0 Å². The van der Waals surface area contributed by atoms with E-state index in [-0.39, 0.29) is 36.1 Å². The molecule has 1 aliphatic rings. The lowest BCUT2D eigenvalue weighted by atomic mass is 9.97. The number of hydrogen-bond donors (Lipinski definition) is 2. The Morgan fingerprint density at radius 2 is 2.39 bits per heavy atom. The van der Waals surface area contributed by atoms with Gasteiger partial charge in [-0.3, -0.25) is 4.79 Å². The van der Waals surface area contributed by atoms with Crippen LogP contribution in [0, 0.1) is 5.82 Å². The molecule has 18 heavy (non-hydrogen) atoms. The van der Waals surface area contributed by atoms with E-state index in [0.717, 1.165) is 0 Å². The Morgan fingerprint density at radius 1 is 1.67 bits per heavy atom. The van der Waals surface area contributed by atoms with Crippen molar-refractivity contribution in [2.24, 2.45) is 5.73 Å². The lowest BCUT2D eigenvalue weighted by Gasteiger charge is -2.16. The molecule has 3 N–H and O–H groups in total. The van der Waals surface area contributed by atoms with Crippen LogP contribution in [-0.4, -0.2) is 31.5 Å². The van der Waals surface area contributed by atoms with Crippen molar-refractivity contribution >= 4 is 5.97 Å². The predicted molar refractivity (Wildman–Crippen MR) is 58.5 cm³/mol. The smallest absolute Gasteiger partial charge is 0.312 e. The molecule has 1 heterocycles. The van der Waals surface area contributed by atoms with Crippen LogP contribution in [-0.2, 0) is 4.79 Å². The quantitative estimate of drug-likeness (QED) is 0.824. The summed E-state index contributed by atoms with van der Waals surface area (Å²) in [5, 5.41) is 9.06. The summed E-state index contributed by atoms with van der Waals surface area (Å²) in [5.74, 6) is -3.10. The van der Waals surface area contributed by atoms with Gasteiger partial charge in [0.2, 0.25) is 18.4 Å². The van der Waals surface area contributed by atoms with Crippen molar-refractivity contribution in [3.05, 3.63) is 17.4 Å². The molecule has 1 unspecified atom stereocenters. The zero-order valence-corrected chi connectivity index (χ0v) is 9.60. The van der Waals surface area contributed by atoms with Crippen molar-refractivity contribution in [2.45, 2.75) is 5.92 Å². The van der Waals surface area contributed by atoms with E-state index in [4.69, 9.17) is 25.1 Å². The number of carboxylic acid groups (broad SMARTS) is 1. The van der Waals surface area contributed by atoms with Gasteiger partial charge in [0.15, 0.2) is 11.5 Å². The van der Waals surface area contributed by atoms with Crippen molar-refractivity contribution in [3.63, 3.8) is 0 Å². The van der Waals surface area contributed by atoms with Gasteiger partial charge in [0.05, 0.1) is 13.0 Å². The first-order valence-corrected chi connectivity index (χ1v) is 5.19. The maximum Gasteiger partial charge on any atom is 0.312 e. The van der Waals surface area contributed by atoms with Crippen LogP contribution in [0.5, 0.6) is 17.2 Å². The molecule has 0 radical (unpaired) electrons. The molecule has 6 nitrogen and oxygen atoms in total. The molecule has 1 aromatic rings. The first-order chi connectivity index (χ1) is 8.60. The van der Waals surface area contributed by atoms with Crippen molar-refractivity contribution in [1.82, 2.24) is 0 Å². The molecule has 0 aliphatic carbocycles. The Kier molecular flexibility index (Phi) is 3.24. The third-order valence-electron chi connectivity index (χ3n) is 2.70. The predicted octanol–water partition coefficient (Wildman–Crippen LogP) is 0.690. The summed E-state index contributed by atoms with van der Waals surface area (Å²) in [6.07, 6.45) is 0. The second-order valence-corrected chi connectivity index (χ2v) is 3.67. The van der Waals surface area contributed by atoms with Gasteiger partial charge >= 0.3 is 5.97 Å². The summed E-state index contributed by atoms with van der Waals surface area (Å²) >= 11 is 0. The molecule has 1 atom stereocenters. The number of carboxylic acids is 1. The highest BCUT2D eigenvalue weighted by atomic mass is 19.1. The number of carbonyl (C=O) groups is 1. The number of hydrogen-bond acceptors (Lipinski definition) is 5. The Bertz CT molecular complexity index is 491. The molecule has 0 fully saturated rings. The molecule has 0 saturated carbocycles. The average Bonchev–Trinajstić information content (AvgIpc) is 2.78. The summed E-state index contributed by atoms with van der Waals surface area (Å²) in [7, 11) is 1.25. The normalized spacial score (nSPS) is 14.4. The van der Waals surface area contributed by atoms with Gasteiger partial charge in [-0.05, 0) is 6.07 Å². The number of nitrogens with two attached hydrogens (primary N) is 1. The minimum Gasteiger partial charge on any atom is -0.493 e. The summed E-state index contributed by atoms with van der Waals surface area (Å²) < 4.78 is 28.9. The maximum absolute atomic E-state index is 14.0. The zero-order chi connectivity index (χ0) is 13.3. The molecule has 98 valence electrons. The van der Waals surface area contributed by atoms with E-state index in [0.29, 0.717) is 0 Å². The Labute approximate surface area is 102 Å². The minimum absolute atomic E-state index is 0.0724. The molecule has 0 saturated heterocycles. The molecule has 0 spiro atoms. The topological polar surface area (TPSA) is 91.0 Å². The van der Waals surface area contributed by atoms with Crippen molar-refractivity contribution < 1.29 is 28.5 Å². The SMILES string of the molecule is COc1c(C(CN)C(=O)O)cc2c(c1F)OCO2. The molecule has 0 amide bonds. The van der Waals surface area contributed by atoms with E-state index in [1.54, 1.807) is 0 Å². The van der Waals surface area contributed by atoms with Gasteiger partial charge in [-0.2, -0.15) is 4.39 Å². The second-order valence-electron chi connectivity index (χ2n) is 3.67. The van der Waals surface area contributed by atoms with Crippen LogP contribution < -0.4 is 19.9 Å². The van der Waals surface area contributed by atoms with Gasteiger partial charge in [-0.15, -0.1) is 0 Å². The number of fused-ring (bicyclic) bond motifs is 1. The van der Waals surface area contributed by atoms with E-state index in [1.165, 1.54) is 13.2 Å². The monoisotopic (exact) mass is 257 g/mol. The molecule has 1 aromatic carbocycles. The highest BCUT2D eigenvalue weighted by Crippen LogP contribution is 2.44.